The summed E-state index contributed by atoms with van der Waals surface area (Å²) in [5.41, 5.74) is 0.830. The van der Waals surface area contributed by atoms with E-state index in [1.165, 1.54) is 0 Å². The summed E-state index contributed by atoms with van der Waals surface area (Å²) >= 11 is -4.74. The van der Waals surface area contributed by atoms with Gasteiger partial charge in [0.15, 0.2) is 0 Å². The van der Waals surface area contributed by atoms with Crippen LogP contribution in [0.4, 0.5) is 26.3 Å². The number of benzene rings is 1. The van der Waals surface area contributed by atoms with Gasteiger partial charge < -0.3 is 4.55 Å². The highest BCUT2D eigenvalue weighted by atomic mass is 32.2. The molecule has 0 bridgehead atoms. The van der Waals surface area contributed by atoms with Crippen molar-refractivity contribution in [3.63, 3.8) is 0 Å². The number of sulfone groups is 1. The Morgan fingerprint density at radius 1 is 0.667 bits per heavy atom. The topological polar surface area (TPSA) is 71.4 Å². The van der Waals surface area contributed by atoms with Crippen molar-refractivity contribution in [2.45, 2.75) is 135 Å². The zero-order valence-electron chi connectivity index (χ0n) is 21.7. The van der Waals surface area contributed by atoms with Gasteiger partial charge in [0.1, 0.15) is 0 Å². The van der Waals surface area contributed by atoms with Gasteiger partial charge in [-0.25, -0.2) is 12.6 Å². The molecule has 1 N–H and O–H groups in total. The first-order chi connectivity index (χ1) is 18.2. The average molecular weight is 603 g/mol. The molecule has 1 aromatic rings. The fourth-order valence-corrected chi connectivity index (χ4v) is 8.90. The van der Waals surface area contributed by atoms with Crippen molar-refractivity contribution in [1.29, 1.82) is 0 Å². The Labute approximate surface area is 228 Å². The largest absolute Gasteiger partial charge is 0.418 e. The summed E-state index contributed by atoms with van der Waals surface area (Å²) < 4.78 is 135. The molecular weight excluding hydrogens is 566 g/mol. The predicted molar refractivity (Wildman–Crippen MR) is 137 cm³/mol. The Hall–Kier alpha value is -1.14. The second-order valence-electron chi connectivity index (χ2n) is 11.4. The first kappa shape index (κ1) is 30.8. The molecule has 0 radical (unpaired) electrons. The number of halogens is 6. The molecule has 12 heteroatoms. The van der Waals surface area contributed by atoms with E-state index in [0.717, 1.165) is 50.5 Å². The minimum atomic E-state index is -6.63. The lowest BCUT2D eigenvalue weighted by atomic mass is 9.76. The van der Waals surface area contributed by atoms with Gasteiger partial charge in [-0.2, -0.15) is 26.3 Å². The molecule has 0 spiro atoms. The number of rotatable bonds is 8. The van der Waals surface area contributed by atoms with Crippen LogP contribution in [0.2, 0.25) is 0 Å². The van der Waals surface area contributed by atoms with Gasteiger partial charge >= 0.3 is 16.4 Å². The minimum Gasteiger partial charge on any atom is -0.301 e. The van der Waals surface area contributed by atoms with E-state index in [4.69, 9.17) is 4.55 Å². The molecule has 0 aliphatic heterocycles. The van der Waals surface area contributed by atoms with E-state index in [-0.39, 0.29) is 17.0 Å². The van der Waals surface area contributed by atoms with Crippen LogP contribution < -0.4 is 0 Å². The zero-order chi connectivity index (χ0) is 28.6. The van der Waals surface area contributed by atoms with Gasteiger partial charge in [0.2, 0.25) is 11.1 Å². The van der Waals surface area contributed by atoms with Crippen LogP contribution in [0.15, 0.2) is 17.0 Å². The molecule has 3 aliphatic carbocycles. The second-order valence-corrected chi connectivity index (χ2v) is 14.3. The monoisotopic (exact) mass is 602 g/mol. The summed E-state index contributed by atoms with van der Waals surface area (Å²) in [5, 5.41) is -12.5. The van der Waals surface area contributed by atoms with E-state index in [2.05, 4.69) is 0 Å². The highest BCUT2D eigenvalue weighted by molar-refractivity contribution is 7.92. The van der Waals surface area contributed by atoms with Gasteiger partial charge in [-0.1, -0.05) is 69.9 Å². The fourth-order valence-electron chi connectivity index (χ4n) is 6.69. The summed E-state index contributed by atoms with van der Waals surface area (Å²) in [6.45, 7) is 0. The van der Waals surface area contributed by atoms with Crippen LogP contribution in [0, 0.1) is 0 Å². The van der Waals surface area contributed by atoms with Gasteiger partial charge in [0.05, 0.1) is 4.90 Å². The lowest BCUT2D eigenvalue weighted by molar-refractivity contribution is -0.243. The van der Waals surface area contributed by atoms with Crippen LogP contribution in [0.1, 0.15) is 131 Å². The van der Waals surface area contributed by atoms with Crippen LogP contribution in [-0.2, 0) is 20.9 Å². The lowest BCUT2D eigenvalue weighted by Crippen LogP contribution is -2.59. The standard InChI is InChI=1S/C27H36F6O4S2/c28-25(29,26(30,31)38(34)35)27(32,33)39(36,37)24-22(19-12-6-2-7-13-19)16-21(18-10-4-1-5-11-18)17-23(24)20-14-8-3-9-15-20/h16-20H,1-15H2,(H,34,35). The normalized spacial score (nSPS) is 22.6. The van der Waals surface area contributed by atoms with Gasteiger partial charge in [-0.3, -0.25) is 0 Å². The number of hydrogen-bond donors (Lipinski definition) is 1. The number of alkyl halides is 6. The van der Waals surface area contributed by atoms with Crippen LogP contribution in [0.3, 0.4) is 0 Å². The third-order valence-corrected chi connectivity index (χ3v) is 11.5. The molecule has 1 atom stereocenters. The van der Waals surface area contributed by atoms with Crippen LogP contribution in [0.5, 0.6) is 0 Å². The van der Waals surface area contributed by atoms with Crippen molar-refractivity contribution in [2.24, 2.45) is 0 Å². The van der Waals surface area contributed by atoms with Crippen molar-refractivity contribution < 1.29 is 43.5 Å². The van der Waals surface area contributed by atoms with Crippen molar-refractivity contribution >= 4 is 20.9 Å². The Balaban J connectivity index is 1.98. The summed E-state index contributed by atoms with van der Waals surface area (Å²) in [6, 6.07) is 3.11. The Bertz CT molecular complexity index is 1110. The maximum atomic E-state index is 15.4. The molecule has 39 heavy (non-hydrogen) atoms. The summed E-state index contributed by atoms with van der Waals surface area (Å²) in [5.74, 6) is -7.55. The molecule has 0 amide bonds. The molecule has 0 aromatic heterocycles. The molecule has 3 saturated carbocycles. The molecule has 4 nitrogen and oxygen atoms in total. The smallest absolute Gasteiger partial charge is 0.301 e. The van der Waals surface area contributed by atoms with Crippen molar-refractivity contribution in [3.05, 3.63) is 28.8 Å². The van der Waals surface area contributed by atoms with Crippen molar-refractivity contribution in [2.75, 3.05) is 0 Å². The van der Waals surface area contributed by atoms with E-state index in [9.17, 15) is 30.2 Å². The predicted octanol–water partition coefficient (Wildman–Crippen LogP) is 8.65. The first-order valence-corrected chi connectivity index (χ1v) is 16.5. The maximum Gasteiger partial charge on any atom is 0.418 e. The van der Waals surface area contributed by atoms with E-state index in [1.807, 2.05) is 0 Å². The molecule has 1 unspecified atom stereocenters. The lowest BCUT2D eigenvalue weighted by Gasteiger charge is -2.35. The molecule has 222 valence electrons. The minimum absolute atomic E-state index is 0.0160. The Kier molecular flexibility index (Phi) is 9.18. The molecule has 0 saturated heterocycles. The van der Waals surface area contributed by atoms with E-state index >= 15 is 8.78 Å². The number of hydrogen-bond acceptors (Lipinski definition) is 3. The molecule has 4 rings (SSSR count). The highest BCUT2D eigenvalue weighted by Crippen LogP contribution is 2.54. The fraction of sp³-hybridized carbons (Fsp3) is 0.778. The van der Waals surface area contributed by atoms with E-state index in [0.29, 0.717) is 51.4 Å². The van der Waals surface area contributed by atoms with E-state index < -0.39 is 54.1 Å². The van der Waals surface area contributed by atoms with Crippen LogP contribution >= 0.6 is 0 Å². The summed E-state index contributed by atoms with van der Waals surface area (Å²) in [7, 11) is -6.43. The zero-order valence-corrected chi connectivity index (χ0v) is 23.4. The highest BCUT2D eigenvalue weighted by Gasteiger charge is 2.80. The third kappa shape index (κ3) is 5.55. The molecule has 3 aliphatic rings. The van der Waals surface area contributed by atoms with Crippen LogP contribution in [0.25, 0.3) is 0 Å². The average Bonchev–Trinajstić information content (AvgIpc) is 2.93. The Morgan fingerprint density at radius 2 is 1.03 bits per heavy atom. The Morgan fingerprint density at radius 3 is 1.38 bits per heavy atom. The van der Waals surface area contributed by atoms with Gasteiger partial charge in [-0.15, -0.1) is 0 Å². The first-order valence-electron chi connectivity index (χ1n) is 13.9. The van der Waals surface area contributed by atoms with E-state index in [1.54, 1.807) is 12.1 Å². The summed E-state index contributed by atoms with van der Waals surface area (Å²) in [4.78, 5) is -0.968. The molecule has 0 heterocycles. The van der Waals surface area contributed by atoms with Gasteiger partial charge in [0.25, 0.3) is 9.84 Å². The second kappa shape index (κ2) is 11.6. The maximum absolute atomic E-state index is 15.4. The van der Waals surface area contributed by atoms with Gasteiger partial charge in [0, 0.05) is 0 Å². The van der Waals surface area contributed by atoms with Crippen molar-refractivity contribution in [1.82, 2.24) is 0 Å². The molecule has 1 aromatic carbocycles. The van der Waals surface area contributed by atoms with Gasteiger partial charge in [-0.05, 0) is 73.0 Å². The van der Waals surface area contributed by atoms with Crippen LogP contribution in [-0.4, -0.2) is 33.6 Å². The summed E-state index contributed by atoms with van der Waals surface area (Å²) in [6.07, 6.45) is 11.0. The third-order valence-electron chi connectivity index (χ3n) is 8.89. The van der Waals surface area contributed by atoms with Crippen molar-refractivity contribution in [3.8, 4) is 0 Å². The molecular formula is C27H36F6O4S2. The molecule has 3 fully saturated rings. The SMILES string of the molecule is O=S(O)C(F)(F)C(F)(F)C(F)(F)S(=O)(=O)c1c(C2CCCCC2)cc(C2CCCCC2)cc1C1CCCCC1. The quantitative estimate of drug-likeness (QED) is 0.239.